The van der Waals surface area contributed by atoms with Gasteiger partial charge in [-0.1, -0.05) is 11.6 Å². The lowest BCUT2D eigenvalue weighted by atomic mass is 9.99. The van der Waals surface area contributed by atoms with Crippen molar-refractivity contribution >= 4 is 5.84 Å². The summed E-state index contributed by atoms with van der Waals surface area (Å²) >= 11 is 0. The van der Waals surface area contributed by atoms with E-state index in [1.54, 1.807) is 0 Å². The third-order valence-corrected chi connectivity index (χ3v) is 3.08. The number of nitrogens with zero attached hydrogens (tertiary/aromatic N) is 2. The summed E-state index contributed by atoms with van der Waals surface area (Å²) in [5, 5.41) is 20.7. The second-order valence-corrected chi connectivity index (χ2v) is 4.21. The van der Waals surface area contributed by atoms with E-state index >= 15 is 0 Å². The molecule has 1 heterocycles. The summed E-state index contributed by atoms with van der Waals surface area (Å²) in [6, 6.07) is 0.457. The normalized spacial score (nSPS) is 26.5. The Morgan fingerprint density at radius 3 is 2.93 bits per heavy atom. The van der Waals surface area contributed by atoms with E-state index in [0.29, 0.717) is 6.42 Å². The van der Waals surface area contributed by atoms with Gasteiger partial charge in [-0.15, -0.1) is 0 Å². The molecule has 5 nitrogen and oxygen atoms in total. The number of hydrogen-bond acceptors (Lipinski definition) is 4. The van der Waals surface area contributed by atoms with Crippen molar-refractivity contribution in [3.05, 3.63) is 0 Å². The summed E-state index contributed by atoms with van der Waals surface area (Å²) in [4.78, 5) is 2.25. The van der Waals surface area contributed by atoms with Crippen molar-refractivity contribution in [2.75, 3.05) is 13.2 Å². The van der Waals surface area contributed by atoms with Crippen LogP contribution in [0.5, 0.6) is 0 Å². The first-order chi connectivity index (χ1) is 7.19. The largest absolute Gasteiger partial charge is 0.409 e. The fourth-order valence-corrected chi connectivity index (χ4v) is 2.26. The number of nitrogens with two attached hydrogens (primary N) is 1. The molecular weight excluding hydrogens is 194 g/mol. The first kappa shape index (κ1) is 12.3. The predicted molar refractivity (Wildman–Crippen MR) is 58.9 cm³/mol. The molecule has 0 amide bonds. The minimum atomic E-state index is 0.195. The average Bonchev–Trinajstić information content (AvgIpc) is 2.28. The molecule has 0 saturated carbocycles. The van der Waals surface area contributed by atoms with Crippen molar-refractivity contribution in [2.45, 2.75) is 44.7 Å². The summed E-state index contributed by atoms with van der Waals surface area (Å²) in [6.45, 7) is 3.23. The van der Waals surface area contributed by atoms with Crippen molar-refractivity contribution in [2.24, 2.45) is 10.9 Å². The van der Waals surface area contributed by atoms with Crippen LogP contribution in [0.1, 0.15) is 32.6 Å². The van der Waals surface area contributed by atoms with Crippen LogP contribution >= 0.6 is 0 Å². The molecule has 2 unspecified atom stereocenters. The van der Waals surface area contributed by atoms with Crippen LogP contribution in [0.25, 0.3) is 0 Å². The number of rotatable bonds is 4. The van der Waals surface area contributed by atoms with Crippen LogP contribution in [-0.4, -0.2) is 46.3 Å². The maximum atomic E-state index is 9.25. The lowest BCUT2D eigenvalue weighted by molar-refractivity contribution is 0.0611. The van der Waals surface area contributed by atoms with Crippen LogP contribution in [0.3, 0.4) is 0 Å². The van der Waals surface area contributed by atoms with Gasteiger partial charge < -0.3 is 16.0 Å². The molecule has 5 heteroatoms. The molecular formula is C10H21N3O2. The first-order valence-corrected chi connectivity index (χ1v) is 5.52. The van der Waals surface area contributed by atoms with E-state index in [-0.39, 0.29) is 24.5 Å². The molecule has 0 aliphatic carbocycles. The molecule has 0 aromatic heterocycles. The highest BCUT2D eigenvalue weighted by atomic mass is 16.4. The van der Waals surface area contributed by atoms with Gasteiger partial charge >= 0.3 is 0 Å². The second kappa shape index (κ2) is 5.92. The molecule has 88 valence electrons. The van der Waals surface area contributed by atoms with E-state index in [1.807, 2.05) is 6.92 Å². The van der Waals surface area contributed by atoms with E-state index in [2.05, 4.69) is 10.1 Å². The summed E-state index contributed by atoms with van der Waals surface area (Å²) < 4.78 is 0. The zero-order valence-corrected chi connectivity index (χ0v) is 9.26. The van der Waals surface area contributed by atoms with Crippen molar-refractivity contribution in [3.8, 4) is 0 Å². The highest BCUT2D eigenvalue weighted by Gasteiger charge is 2.26. The third-order valence-electron chi connectivity index (χ3n) is 3.08. The van der Waals surface area contributed by atoms with Crippen LogP contribution in [0.4, 0.5) is 0 Å². The number of likely N-dealkylation sites (tertiary alicyclic amines) is 1. The molecule has 1 aliphatic rings. The Kier molecular flexibility index (Phi) is 4.84. The Morgan fingerprint density at radius 2 is 2.33 bits per heavy atom. The van der Waals surface area contributed by atoms with Gasteiger partial charge in [0.25, 0.3) is 0 Å². The minimum absolute atomic E-state index is 0.195. The number of aliphatic hydroxyl groups is 1. The average molecular weight is 215 g/mol. The standard InChI is InChI=1S/C10H21N3O2/c1-8(6-10(11)12-15)13-5-3-2-4-9(13)7-14/h8-9,14-15H,2-7H2,1H3,(H2,11,12). The number of aliphatic hydroxyl groups excluding tert-OH is 1. The smallest absolute Gasteiger partial charge is 0.140 e. The highest BCUT2D eigenvalue weighted by Crippen LogP contribution is 2.20. The number of amidine groups is 1. The van der Waals surface area contributed by atoms with Crippen molar-refractivity contribution in [1.29, 1.82) is 0 Å². The van der Waals surface area contributed by atoms with E-state index in [0.717, 1.165) is 19.4 Å². The van der Waals surface area contributed by atoms with Gasteiger partial charge in [0.2, 0.25) is 0 Å². The molecule has 15 heavy (non-hydrogen) atoms. The van der Waals surface area contributed by atoms with E-state index in [1.165, 1.54) is 6.42 Å². The summed E-state index contributed by atoms with van der Waals surface area (Å²) in [6.07, 6.45) is 3.93. The summed E-state index contributed by atoms with van der Waals surface area (Å²) in [5.74, 6) is 0.254. The Labute approximate surface area is 90.6 Å². The fourth-order valence-electron chi connectivity index (χ4n) is 2.26. The highest BCUT2D eigenvalue weighted by molar-refractivity contribution is 5.80. The van der Waals surface area contributed by atoms with Gasteiger partial charge in [0.1, 0.15) is 5.84 Å². The van der Waals surface area contributed by atoms with Gasteiger partial charge in [-0.2, -0.15) is 0 Å². The van der Waals surface area contributed by atoms with Crippen LogP contribution in [-0.2, 0) is 0 Å². The fraction of sp³-hybridized carbons (Fsp3) is 0.900. The lowest BCUT2D eigenvalue weighted by Gasteiger charge is -2.38. The Hall–Kier alpha value is -0.810. The topological polar surface area (TPSA) is 82.1 Å². The zero-order chi connectivity index (χ0) is 11.3. The van der Waals surface area contributed by atoms with Gasteiger partial charge in [-0.25, -0.2) is 0 Å². The molecule has 0 radical (unpaired) electrons. The Morgan fingerprint density at radius 1 is 1.60 bits per heavy atom. The molecule has 0 spiro atoms. The van der Waals surface area contributed by atoms with Gasteiger partial charge in [0.15, 0.2) is 0 Å². The SMILES string of the molecule is CC(C/C(N)=N/O)N1CCCCC1CO. The van der Waals surface area contributed by atoms with Crippen LogP contribution < -0.4 is 5.73 Å². The second-order valence-electron chi connectivity index (χ2n) is 4.21. The predicted octanol–water partition coefficient (Wildman–Crippen LogP) is 0.358. The minimum Gasteiger partial charge on any atom is -0.409 e. The number of piperidine rings is 1. The lowest BCUT2D eigenvalue weighted by Crippen LogP contribution is -2.48. The maximum Gasteiger partial charge on any atom is 0.140 e. The molecule has 1 rings (SSSR count). The van der Waals surface area contributed by atoms with E-state index < -0.39 is 0 Å². The monoisotopic (exact) mass is 215 g/mol. The zero-order valence-electron chi connectivity index (χ0n) is 9.26. The Bertz CT molecular complexity index is 221. The van der Waals surface area contributed by atoms with Crippen molar-refractivity contribution in [1.82, 2.24) is 4.90 Å². The molecule has 4 N–H and O–H groups in total. The van der Waals surface area contributed by atoms with Crippen LogP contribution in [0.15, 0.2) is 5.16 Å². The molecule has 2 atom stereocenters. The van der Waals surface area contributed by atoms with Gasteiger partial charge in [0.05, 0.1) is 6.61 Å². The molecule has 0 aromatic carbocycles. The van der Waals surface area contributed by atoms with Gasteiger partial charge in [0, 0.05) is 18.5 Å². The summed E-state index contributed by atoms with van der Waals surface area (Å²) in [5.41, 5.74) is 5.48. The van der Waals surface area contributed by atoms with Gasteiger partial charge in [-0.3, -0.25) is 4.90 Å². The van der Waals surface area contributed by atoms with Crippen molar-refractivity contribution < 1.29 is 10.3 Å². The van der Waals surface area contributed by atoms with E-state index in [9.17, 15) is 5.11 Å². The number of hydrogen-bond donors (Lipinski definition) is 3. The molecule has 0 aromatic rings. The third kappa shape index (κ3) is 3.35. The van der Waals surface area contributed by atoms with Crippen molar-refractivity contribution in [3.63, 3.8) is 0 Å². The van der Waals surface area contributed by atoms with Crippen LogP contribution in [0, 0.1) is 0 Å². The quantitative estimate of drug-likeness (QED) is 0.274. The first-order valence-electron chi connectivity index (χ1n) is 5.52. The molecule has 0 bridgehead atoms. The van der Waals surface area contributed by atoms with Gasteiger partial charge in [-0.05, 0) is 26.3 Å². The summed E-state index contributed by atoms with van der Waals surface area (Å²) in [7, 11) is 0. The number of oxime groups is 1. The Balaban J connectivity index is 2.51. The van der Waals surface area contributed by atoms with Crippen LogP contribution in [0.2, 0.25) is 0 Å². The maximum absolute atomic E-state index is 9.25. The molecule has 1 fully saturated rings. The van der Waals surface area contributed by atoms with E-state index in [4.69, 9.17) is 10.9 Å². The molecule has 1 aliphatic heterocycles. The molecule has 1 saturated heterocycles.